The minimum atomic E-state index is -3.14. The lowest BCUT2D eigenvalue weighted by Crippen LogP contribution is -2.31. The van der Waals surface area contributed by atoms with Gasteiger partial charge in [-0.2, -0.15) is 0 Å². The molecule has 0 atom stereocenters. The molecule has 118 valence electrons. The fraction of sp³-hybridized carbons (Fsp3) is 0.786. The molecule has 0 radical (unpaired) electrons. The monoisotopic (exact) mass is 305 g/mol. The molecule has 0 N–H and O–H groups in total. The largest absolute Gasteiger partial charge is 0.466 e. The average Bonchev–Trinajstić information content (AvgIpc) is 2.35. The Hall–Kier alpha value is -0.880. The summed E-state index contributed by atoms with van der Waals surface area (Å²) >= 11 is 0. The van der Waals surface area contributed by atoms with Crippen molar-refractivity contribution in [3.8, 4) is 0 Å². The zero-order valence-electron chi connectivity index (χ0n) is 12.6. The molecule has 0 aliphatic rings. The molecule has 0 bridgehead atoms. The van der Waals surface area contributed by atoms with Gasteiger partial charge in [0.2, 0.25) is 10.0 Å². The number of nitrogens with zero attached hydrogens (tertiary/aromatic N) is 1. The van der Waals surface area contributed by atoms with Gasteiger partial charge in [-0.15, -0.1) is 6.58 Å². The molecule has 20 heavy (non-hydrogen) atoms. The predicted molar refractivity (Wildman–Crippen MR) is 80.9 cm³/mol. The average molecular weight is 305 g/mol. The number of sulfonamides is 1. The van der Waals surface area contributed by atoms with Gasteiger partial charge in [0.25, 0.3) is 0 Å². The van der Waals surface area contributed by atoms with Gasteiger partial charge in [-0.25, -0.2) is 12.7 Å². The minimum absolute atomic E-state index is 0.156. The second kappa shape index (κ2) is 10.9. The van der Waals surface area contributed by atoms with E-state index >= 15 is 0 Å². The summed E-state index contributed by atoms with van der Waals surface area (Å²) in [5, 5.41) is 0. The molecule has 0 spiro atoms. The second-order valence-corrected chi connectivity index (χ2v) is 6.69. The zero-order valence-corrected chi connectivity index (χ0v) is 13.5. The molecule has 0 amide bonds. The molecule has 0 saturated carbocycles. The molecule has 5 nitrogen and oxygen atoms in total. The van der Waals surface area contributed by atoms with E-state index < -0.39 is 10.0 Å². The highest BCUT2D eigenvalue weighted by Crippen LogP contribution is 2.08. The van der Waals surface area contributed by atoms with Crippen LogP contribution >= 0.6 is 0 Å². The Labute approximate surface area is 123 Å². The summed E-state index contributed by atoms with van der Waals surface area (Å²) in [4.78, 5) is 11.1. The molecule has 0 rings (SSSR count). The van der Waals surface area contributed by atoms with Gasteiger partial charge < -0.3 is 4.74 Å². The first-order valence-corrected chi connectivity index (χ1v) is 8.98. The van der Waals surface area contributed by atoms with Crippen molar-refractivity contribution in [3.05, 3.63) is 12.7 Å². The third-order valence-corrected chi connectivity index (χ3v) is 4.20. The van der Waals surface area contributed by atoms with Gasteiger partial charge in [0.15, 0.2) is 0 Å². The molecule has 0 unspecified atom stereocenters. The fourth-order valence-electron chi connectivity index (χ4n) is 1.82. The summed E-state index contributed by atoms with van der Waals surface area (Å²) in [7, 11) is -3.14. The Kier molecular flexibility index (Phi) is 10.4. The molecule has 0 aromatic carbocycles. The fourth-order valence-corrected chi connectivity index (χ4v) is 2.72. The van der Waals surface area contributed by atoms with Crippen molar-refractivity contribution < 1.29 is 17.9 Å². The highest BCUT2D eigenvalue weighted by molar-refractivity contribution is 7.88. The molecule has 0 aliphatic heterocycles. The Bertz CT molecular complexity index is 379. The van der Waals surface area contributed by atoms with Crippen LogP contribution in [0.4, 0.5) is 0 Å². The summed E-state index contributed by atoms with van der Waals surface area (Å²) in [5.41, 5.74) is 0. The van der Waals surface area contributed by atoms with Crippen LogP contribution in [0.1, 0.15) is 45.4 Å². The number of hydrogen-bond acceptors (Lipinski definition) is 4. The maximum absolute atomic E-state index is 11.5. The van der Waals surface area contributed by atoms with Crippen molar-refractivity contribution in [1.82, 2.24) is 4.31 Å². The van der Waals surface area contributed by atoms with Crippen molar-refractivity contribution in [2.45, 2.75) is 45.4 Å². The van der Waals surface area contributed by atoms with Gasteiger partial charge in [0.05, 0.1) is 12.9 Å². The van der Waals surface area contributed by atoms with E-state index in [2.05, 4.69) is 6.58 Å². The van der Waals surface area contributed by atoms with E-state index in [9.17, 15) is 13.2 Å². The third-order valence-electron chi connectivity index (χ3n) is 2.90. The molecular formula is C14H27NO4S. The zero-order chi connectivity index (χ0) is 15.4. The van der Waals surface area contributed by atoms with Gasteiger partial charge in [-0.05, 0) is 26.2 Å². The molecule has 0 fully saturated rings. The molecule has 0 aromatic rings. The summed E-state index contributed by atoms with van der Waals surface area (Å²) in [6, 6.07) is 0. The Morgan fingerprint density at radius 1 is 1.20 bits per heavy atom. The molecule has 0 aliphatic carbocycles. The van der Waals surface area contributed by atoms with Crippen LogP contribution in [-0.4, -0.2) is 44.6 Å². The highest BCUT2D eigenvalue weighted by atomic mass is 32.2. The Morgan fingerprint density at radius 3 is 2.40 bits per heavy atom. The predicted octanol–water partition coefficient (Wildman–Crippen LogP) is 2.34. The van der Waals surface area contributed by atoms with Crippen molar-refractivity contribution in [1.29, 1.82) is 0 Å². The number of esters is 1. The van der Waals surface area contributed by atoms with Crippen molar-refractivity contribution in [2.75, 3.05) is 26.0 Å². The van der Waals surface area contributed by atoms with Crippen molar-refractivity contribution in [3.63, 3.8) is 0 Å². The first kappa shape index (κ1) is 19.1. The smallest absolute Gasteiger partial charge is 0.305 e. The van der Waals surface area contributed by atoms with Crippen LogP contribution in [0.3, 0.4) is 0 Å². The number of rotatable bonds is 12. The Morgan fingerprint density at radius 2 is 1.85 bits per heavy atom. The summed E-state index contributed by atoms with van der Waals surface area (Å²) < 4.78 is 29.4. The quantitative estimate of drug-likeness (QED) is 0.315. The minimum Gasteiger partial charge on any atom is -0.466 e. The van der Waals surface area contributed by atoms with E-state index in [-0.39, 0.29) is 5.97 Å². The normalized spacial score (nSPS) is 11.6. The number of ether oxygens (including phenoxy) is 1. The van der Waals surface area contributed by atoms with Crippen LogP contribution in [0, 0.1) is 0 Å². The van der Waals surface area contributed by atoms with Crippen LogP contribution in [-0.2, 0) is 19.6 Å². The van der Waals surface area contributed by atoms with E-state index in [0.717, 1.165) is 25.7 Å². The summed E-state index contributed by atoms with van der Waals surface area (Å²) in [6.45, 7) is 6.84. The third kappa shape index (κ3) is 9.97. The van der Waals surface area contributed by atoms with E-state index in [0.29, 0.717) is 32.5 Å². The lowest BCUT2D eigenvalue weighted by molar-refractivity contribution is -0.143. The second-order valence-electron chi connectivity index (χ2n) is 4.71. The maximum atomic E-state index is 11.5. The first-order valence-electron chi connectivity index (χ1n) is 7.13. The summed E-state index contributed by atoms with van der Waals surface area (Å²) in [5.74, 6) is -0.156. The molecule has 6 heteroatoms. The standard InChI is InChI=1S/C14H27NO4S/c1-4-6-12-15(20(3,17)18)13-10-8-7-9-11-14(16)19-5-2/h4H,1,5-13H2,2-3H3. The van der Waals surface area contributed by atoms with Crippen LogP contribution in [0.2, 0.25) is 0 Å². The number of unbranched alkanes of at least 4 members (excludes halogenated alkanes) is 3. The van der Waals surface area contributed by atoms with Crippen molar-refractivity contribution in [2.24, 2.45) is 0 Å². The van der Waals surface area contributed by atoms with Gasteiger partial charge in [-0.1, -0.05) is 18.9 Å². The van der Waals surface area contributed by atoms with E-state index in [1.165, 1.54) is 10.6 Å². The Balaban J connectivity index is 3.79. The lowest BCUT2D eigenvalue weighted by atomic mass is 10.1. The number of carbonyl (C=O) groups excluding carboxylic acids is 1. The van der Waals surface area contributed by atoms with Gasteiger partial charge >= 0.3 is 5.97 Å². The highest BCUT2D eigenvalue weighted by Gasteiger charge is 2.14. The first-order chi connectivity index (χ1) is 9.41. The molecule has 0 saturated heterocycles. The molecule has 0 aromatic heterocycles. The van der Waals surface area contributed by atoms with Crippen LogP contribution in [0.15, 0.2) is 12.7 Å². The van der Waals surface area contributed by atoms with Gasteiger partial charge in [-0.3, -0.25) is 4.79 Å². The molecule has 0 heterocycles. The van der Waals surface area contributed by atoms with Crippen LogP contribution < -0.4 is 0 Å². The van der Waals surface area contributed by atoms with Crippen LogP contribution in [0.5, 0.6) is 0 Å². The van der Waals surface area contributed by atoms with Crippen LogP contribution in [0.25, 0.3) is 0 Å². The van der Waals surface area contributed by atoms with E-state index in [4.69, 9.17) is 4.74 Å². The lowest BCUT2D eigenvalue weighted by Gasteiger charge is -2.18. The van der Waals surface area contributed by atoms with E-state index in [1.54, 1.807) is 13.0 Å². The van der Waals surface area contributed by atoms with Gasteiger partial charge in [0, 0.05) is 19.5 Å². The SMILES string of the molecule is C=CCCN(CCCCCCC(=O)OCC)S(C)(=O)=O. The maximum Gasteiger partial charge on any atom is 0.305 e. The number of hydrogen-bond donors (Lipinski definition) is 0. The van der Waals surface area contributed by atoms with E-state index in [1.807, 2.05) is 0 Å². The molecular weight excluding hydrogens is 278 g/mol. The van der Waals surface area contributed by atoms with Gasteiger partial charge in [0.1, 0.15) is 0 Å². The topological polar surface area (TPSA) is 63.7 Å². The summed E-state index contributed by atoms with van der Waals surface area (Å²) in [6.07, 6.45) is 7.50. The number of carbonyl (C=O) groups is 1. The van der Waals surface area contributed by atoms with Crippen molar-refractivity contribution >= 4 is 16.0 Å².